The second-order valence-corrected chi connectivity index (χ2v) is 5.00. The summed E-state index contributed by atoms with van der Waals surface area (Å²) in [5.41, 5.74) is 1.07. The molecule has 2 aliphatic heterocycles. The molecule has 0 radical (unpaired) electrons. The minimum Gasteiger partial charge on any atom is -0.356 e. The molecule has 4 nitrogen and oxygen atoms in total. The van der Waals surface area contributed by atoms with Gasteiger partial charge in [0.05, 0.1) is 0 Å². The van der Waals surface area contributed by atoms with Crippen molar-refractivity contribution in [1.29, 1.82) is 0 Å². The molecule has 86 valence electrons. The van der Waals surface area contributed by atoms with Crippen LogP contribution in [-0.4, -0.2) is 36.1 Å². The number of hydrogen-bond donors (Lipinski definition) is 1. The lowest BCUT2D eigenvalue weighted by atomic mass is 10.0. The third-order valence-corrected chi connectivity index (χ3v) is 3.67. The van der Waals surface area contributed by atoms with Crippen molar-refractivity contribution >= 4 is 5.82 Å². The second-order valence-electron chi connectivity index (χ2n) is 5.00. The Balaban J connectivity index is 1.83. The van der Waals surface area contributed by atoms with Gasteiger partial charge < -0.3 is 10.2 Å². The number of rotatable bonds is 1. The average Bonchev–Trinajstić information content (AvgIpc) is 2.74. The lowest BCUT2D eigenvalue weighted by Crippen LogP contribution is -2.26. The van der Waals surface area contributed by atoms with E-state index < -0.39 is 0 Å². The van der Waals surface area contributed by atoms with E-state index in [4.69, 9.17) is 0 Å². The van der Waals surface area contributed by atoms with Crippen molar-refractivity contribution < 1.29 is 0 Å². The molecule has 0 bridgehead atoms. The normalized spacial score (nSPS) is 28.5. The fourth-order valence-corrected chi connectivity index (χ4v) is 2.90. The van der Waals surface area contributed by atoms with Gasteiger partial charge in [0.25, 0.3) is 0 Å². The number of aryl methyl sites for hydroxylation is 2. The summed E-state index contributed by atoms with van der Waals surface area (Å²) in [5.74, 6) is 3.62. The van der Waals surface area contributed by atoms with E-state index in [2.05, 4.69) is 26.3 Å². The van der Waals surface area contributed by atoms with Gasteiger partial charge in [-0.1, -0.05) is 0 Å². The molecule has 16 heavy (non-hydrogen) atoms. The van der Waals surface area contributed by atoms with Crippen LogP contribution in [0.15, 0.2) is 6.07 Å². The van der Waals surface area contributed by atoms with Gasteiger partial charge in [-0.05, 0) is 25.7 Å². The summed E-state index contributed by atoms with van der Waals surface area (Å²) in [7, 11) is 0. The van der Waals surface area contributed by atoms with E-state index in [1.54, 1.807) is 0 Å². The van der Waals surface area contributed by atoms with Crippen molar-refractivity contribution in [3.63, 3.8) is 0 Å². The Labute approximate surface area is 96.1 Å². The Morgan fingerprint density at radius 1 is 1.19 bits per heavy atom. The Kier molecular flexibility index (Phi) is 2.32. The highest BCUT2D eigenvalue weighted by Gasteiger charge is 2.36. The lowest BCUT2D eigenvalue weighted by Gasteiger charge is -2.19. The van der Waals surface area contributed by atoms with E-state index in [0.717, 1.165) is 42.3 Å². The maximum absolute atomic E-state index is 4.54. The molecule has 2 saturated heterocycles. The van der Waals surface area contributed by atoms with Gasteiger partial charge >= 0.3 is 0 Å². The van der Waals surface area contributed by atoms with Gasteiger partial charge in [0.1, 0.15) is 11.6 Å². The molecule has 0 spiro atoms. The van der Waals surface area contributed by atoms with Crippen LogP contribution in [0.3, 0.4) is 0 Å². The molecule has 4 heteroatoms. The Morgan fingerprint density at radius 3 is 2.50 bits per heavy atom. The quantitative estimate of drug-likeness (QED) is 0.755. The van der Waals surface area contributed by atoms with Crippen molar-refractivity contribution in [2.75, 3.05) is 31.1 Å². The molecule has 1 N–H and O–H groups in total. The minimum atomic E-state index is 0.815. The van der Waals surface area contributed by atoms with Crippen molar-refractivity contribution in [2.45, 2.75) is 13.8 Å². The van der Waals surface area contributed by atoms with Crippen LogP contribution in [0, 0.1) is 25.7 Å². The van der Waals surface area contributed by atoms with Crippen molar-refractivity contribution in [3.8, 4) is 0 Å². The van der Waals surface area contributed by atoms with Gasteiger partial charge in [0.15, 0.2) is 0 Å². The van der Waals surface area contributed by atoms with E-state index in [-0.39, 0.29) is 0 Å². The lowest BCUT2D eigenvalue weighted by molar-refractivity contribution is 0.533. The van der Waals surface area contributed by atoms with Crippen LogP contribution in [-0.2, 0) is 0 Å². The molecular weight excluding hydrogens is 200 g/mol. The highest BCUT2D eigenvalue weighted by Crippen LogP contribution is 2.29. The molecule has 1 aromatic rings. The Hall–Kier alpha value is -1.16. The molecular formula is C12H18N4. The molecule has 0 amide bonds. The fraction of sp³-hybridized carbons (Fsp3) is 0.667. The van der Waals surface area contributed by atoms with Crippen molar-refractivity contribution in [1.82, 2.24) is 15.3 Å². The van der Waals surface area contributed by atoms with Crippen LogP contribution in [0.2, 0.25) is 0 Å². The molecule has 3 heterocycles. The third kappa shape index (κ3) is 1.67. The zero-order valence-corrected chi connectivity index (χ0v) is 9.90. The van der Waals surface area contributed by atoms with Gasteiger partial charge in [-0.15, -0.1) is 0 Å². The molecule has 2 atom stereocenters. The zero-order chi connectivity index (χ0) is 11.1. The van der Waals surface area contributed by atoms with Crippen LogP contribution >= 0.6 is 0 Å². The fourth-order valence-electron chi connectivity index (χ4n) is 2.90. The first-order valence-corrected chi connectivity index (χ1v) is 6.00. The number of anilines is 1. The summed E-state index contributed by atoms with van der Waals surface area (Å²) in [6.07, 6.45) is 0. The maximum atomic E-state index is 4.54. The highest BCUT2D eigenvalue weighted by molar-refractivity contribution is 5.41. The topological polar surface area (TPSA) is 41.0 Å². The first-order valence-electron chi connectivity index (χ1n) is 6.00. The van der Waals surface area contributed by atoms with E-state index >= 15 is 0 Å². The van der Waals surface area contributed by atoms with Crippen LogP contribution < -0.4 is 10.2 Å². The molecule has 1 aromatic heterocycles. The minimum absolute atomic E-state index is 0.815. The van der Waals surface area contributed by atoms with E-state index in [9.17, 15) is 0 Å². The first kappa shape index (κ1) is 10.0. The van der Waals surface area contributed by atoms with Crippen LogP contribution in [0.1, 0.15) is 11.5 Å². The smallest absolute Gasteiger partial charge is 0.132 e. The molecule has 0 unspecified atom stereocenters. The zero-order valence-electron chi connectivity index (χ0n) is 9.90. The molecule has 2 aliphatic rings. The van der Waals surface area contributed by atoms with E-state index in [0.29, 0.717) is 0 Å². The SMILES string of the molecule is Cc1cc(N2C[C@H]3CNC[C@H]3C2)nc(C)n1. The number of fused-ring (bicyclic) bond motifs is 1. The van der Waals surface area contributed by atoms with Gasteiger partial charge in [0, 0.05) is 37.9 Å². The molecule has 0 aromatic carbocycles. The van der Waals surface area contributed by atoms with Crippen molar-refractivity contribution in [2.24, 2.45) is 11.8 Å². The van der Waals surface area contributed by atoms with Gasteiger partial charge in [-0.3, -0.25) is 0 Å². The number of aromatic nitrogens is 2. The summed E-state index contributed by atoms with van der Waals surface area (Å²) >= 11 is 0. The molecule has 3 rings (SSSR count). The van der Waals surface area contributed by atoms with Crippen LogP contribution in [0.25, 0.3) is 0 Å². The largest absolute Gasteiger partial charge is 0.356 e. The standard InChI is InChI=1S/C12H18N4/c1-8-3-12(15-9(2)14-8)16-6-10-4-13-5-11(10)7-16/h3,10-11,13H,4-7H2,1-2H3/t10-,11+. The predicted octanol–water partition coefficient (Wildman–Crippen LogP) is 0.749. The Bertz CT molecular complexity index is 372. The summed E-state index contributed by atoms with van der Waals surface area (Å²) < 4.78 is 0. The molecule has 0 aliphatic carbocycles. The van der Waals surface area contributed by atoms with Gasteiger partial charge in [0.2, 0.25) is 0 Å². The number of nitrogens with one attached hydrogen (secondary N) is 1. The van der Waals surface area contributed by atoms with Gasteiger partial charge in [-0.2, -0.15) is 0 Å². The van der Waals surface area contributed by atoms with Crippen LogP contribution in [0.5, 0.6) is 0 Å². The summed E-state index contributed by atoms with van der Waals surface area (Å²) in [6, 6.07) is 2.10. The first-order chi connectivity index (χ1) is 7.72. The van der Waals surface area contributed by atoms with E-state index in [1.807, 2.05) is 13.8 Å². The predicted molar refractivity (Wildman–Crippen MR) is 63.6 cm³/mol. The van der Waals surface area contributed by atoms with Gasteiger partial charge in [-0.25, -0.2) is 9.97 Å². The number of nitrogens with zero attached hydrogens (tertiary/aromatic N) is 3. The molecule has 0 saturated carbocycles. The summed E-state index contributed by atoms with van der Waals surface area (Å²) in [5, 5.41) is 3.46. The number of hydrogen-bond acceptors (Lipinski definition) is 4. The second kappa shape index (κ2) is 3.70. The Morgan fingerprint density at radius 2 is 1.88 bits per heavy atom. The summed E-state index contributed by atoms with van der Waals surface area (Å²) in [4.78, 5) is 11.3. The maximum Gasteiger partial charge on any atom is 0.132 e. The molecule has 2 fully saturated rings. The van der Waals surface area contributed by atoms with Crippen molar-refractivity contribution in [3.05, 3.63) is 17.6 Å². The third-order valence-electron chi connectivity index (χ3n) is 3.67. The highest BCUT2D eigenvalue weighted by atomic mass is 15.2. The monoisotopic (exact) mass is 218 g/mol. The average molecular weight is 218 g/mol. The van der Waals surface area contributed by atoms with Crippen LogP contribution in [0.4, 0.5) is 5.82 Å². The summed E-state index contributed by atoms with van der Waals surface area (Å²) in [6.45, 7) is 8.64. The van der Waals surface area contributed by atoms with E-state index in [1.165, 1.54) is 13.1 Å².